The van der Waals surface area contributed by atoms with Crippen molar-refractivity contribution in [3.63, 3.8) is 0 Å². The molecule has 1 fully saturated rings. The minimum atomic E-state index is -1.03. The Hall–Kier alpha value is -3.86. The van der Waals surface area contributed by atoms with Crippen molar-refractivity contribution in [3.8, 4) is 11.5 Å². The van der Waals surface area contributed by atoms with Crippen molar-refractivity contribution < 1.29 is 18.9 Å². The zero-order valence-corrected chi connectivity index (χ0v) is 22.2. The average molecular weight is 517 g/mol. The number of para-hydroxylation sites is 2. The van der Waals surface area contributed by atoms with Gasteiger partial charge in [-0.05, 0) is 24.6 Å². The molecule has 4 heteroatoms. The molecule has 0 bridgehead atoms. The van der Waals surface area contributed by atoms with Gasteiger partial charge < -0.3 is 18.9 Å². The minimum absolute atomic E-state index is 0.0161. The van der Waals surface area contributed by atoms with Crippen molar-refractivity contribution in [2.45, 2.75) is 43.4 Å². The Labute approximate surface area is 229 Å². The van der Waals surface area contributed by atoms with Crippen LogP contribution in [0.2, 0.25) is 0 Å². The van der Waals surface area contributed by atoms with E-state index in [0.29, 0.717) is 6.61 Å². The van der Waals surface area contributed by atoms with Crippen molar-refractivity contribution in [1.29, 1.82) is 0 Å². The van der Waals surface area contributed by atoms with E-state index in [2.05, 4.69) is 91.0 Å². The fourth-order valence-electron chi connectivity index (χ4n) is 6.83. The number of benzene rings is 4. The van der Waals surface area contributed by atoms with Gasteiger partial charge in [-0.25, -0.2) is 0 Å². The van der Waals surface area contributed by atoms with E-state index in [-0.39, 0.29) is 23.9 Å². The van der Waals surface area contributed by atoms with Gasteiger partial charge in [0.25, 0.3) is 0 Å². The molecule has 3 heterocycles. The Bertz CT molecular complexity index is 1500. The minimum Gasteiger partial charge on any atom is -0.459 e. The zero-order valence-electron chi connectivity index (χ0n) is 22.2. The second-order valence-electron chi connectivity index (χ2n) is 10.6. The Morgan fingerprint density at radius 3 is 2.08 bits per heavy atom. The summed E-state index contributed by atoms with van der Waals surface area (Å²) < 4.78 is 27.2. The van der Waals surface area contributed by atoms with Crippen LogP contribution in [0.15, 0.2) is 115 Å². The topological polar surface area (TPSA) is 36.9 Å². The molecule has 0 unspecified atom stereocenters. The van der Waals surface area contributed by atoms with Gasteiger partial charge in [-0.1, -0.05) is 109 Å². The molecule has 0 N–H and O–H groups in total. The first-order chi connectivity index (χ1) is 19.1. The maximum atomic E-state index is 7.20. The molecule has 0 radical (unpaired) electrons. The fourth-order valence-corrected chi connectivity index (χ4v) is 6.83. The first-order valence-electron chi connectivity index (χ1n) is 13.8. The van der Waals surface area contributed by atoms with Crippen molar-refractivity contribution >= 4 is 6.08 Å². The molecule has 7 rings (SSSR count). The summed E-state index contributed by atoms with van der Waals surface area (Å²) in [5.41, 5.74) is 4.44. The van der Waals surface area contributed by atoms with Gasteiger partial charge in [0.1, 0.15) is 17.6 Å². The number of allylic oxidation sites excluding steroid dienone is 1. The predicted octanol–water partition coefficient (Wildman–Crippen LogP) is 7.67. The molecule has 39 heavy (non-hydrogen) atoms. The van der Waals surface area contributed by atoms with E-state index in [0.717, 1.165) is 33.8 Å². The van der Waals surface area contributed by atoms with Crippen molar-refractivity contribution in [1.82, 2.24) is 0 Å². The molecular weight excluding hydrogens is 484 g/mol. The average Bonchev–Trinajstić information content (AvgIpc) is 3.34. The molecule has 3 aliphatic rings. The van der Waals surface area contributed by atoms with E-state index in [4.69, 9.17) is 18.9 Å². The van der Waals surface area contributed by atoms with Crippen molar-refractivity contribution in [2.24, 2.45) is 5.92 Å². The molecule has 4 nitrogen and oxygen atoms in total. The third-order valence-corrected chi connectivity index (χ3v) is 8.39. The van der Waals surface area contributed by atoms with Gasteiger partial charge in [-0.15, -0.1) is 0 Å². The molecule has 6 atom stereocenters. The Morgan fingerprint density at radius 1 is 0.744 bits per heavy atom. The Morgan fingerprint density at radius 2 is 1.36 bits per heavy atom. The van der Waals surface area contributed by atoms with E-state index in [1.54, 1.807) is 0 Å². The molecule has 4 aromatic rings. The van der Waals surface area contributed by atoms with Crippen molar-refractivity contribution in [2.75, 3.05) is 6.61 Å². The highest BCUT2D eigenvalue weighted by Crippen LogP contribution is 2.65. The Kier molecular flexibility index (Phi) is 5.84. The Balaban J connectivity index is 1.49. The molecule has 0 saturated carbocycles. The maximum Gasteiger partial charge on any atom is 0.242 e. The predicted molar refractivity (Wildman–Crippen MR) is 152 cm³/mol. The van der Waals surface area contributed by atoms with Crippen LogP contribution in [0.3, 0.4) is 0 Å². The number of rotatable bonds is 5. The molecule has 196 valence electrons. The molecule has 1 saturated heterocycles. The number of hydrogen-bond donors (Lipinski definition) is 0. The summed E-state index contributed by atoms with van der Waals surface area (Å²) in [6.45, 7) is 4.51. The summed E-state index contributed by atoms with van der Waals surface area (Å²) >= 11 is 0. The maximum absolute atomic E-state index is 7.20. The van der Waals surface area contributed by atoms with Gasteiger partial charge in [-0.2, -0.15) is 0 Å². The van der Waals surface area contributed by atoms with Crippen LogP contribution >= 0.6 is 0 Å². The van der Waals surface area contributed by atoms with Crippen molar-refractivity contribution in [3.05, 3.63) is 138 Å². The summed E-state index contributed by atoms with van der Waals surface area (Å²) in [7, 11) is 0. The quantitative estimate of drug-likeness (QED) is 0.273. The second kappa shape index (κ2) is 9.41. The summed E-state index contributed by atoms with van der Waals surface area (Å²) in [6.07, 6.45) is 4.17. The second-order valence-corrected chi connectivity index (χ2v) is 10.6. The van der Waals surface area contributed by atoms with E-state index in [9.17, 15) is 0 Å². The molecule has 4 aromatic carbocycles. The largest absolute Gasteiger partial charge is 0.459 e. The summed E-state index contributed by atoms with van der Waals surface area (Å²) in [4.78, 5) is 0. The summed E-state index contributed by atoms with van der Waals surface area (Å²) in [5.74, 6) is -0.429. The van der Waals surface area contributed by atoms with Crippen LogP contribution in [0.25, 0.3) is 6.08 Å². The van der Waals surface area contributed by atoms with Crippen LogP contribution < -0.4 is 9.47 Å². The highest BCUT2D eigenvalue weighted by atomic mass is 16.8. The van der Waals surface area contributed by atoms with Gasteiger partial charge in [0.05, 0.1) is 0 Å². The highest BCUT2D eigenvalue weighted by molar-refractivity contribution is 5.55. The van der Waals surface area contributed by atoms with Gasteiger partial charge in [-0.3, -0.25) is 0 Å². The lowest BCUT2D eigenvalue weighted by molar-refractivity contribution is -0.287. The van der Waals surface area contributed by atoms with Gasteiger partial charge in [0.2, 0.25) is 11.6 Å². The first-order valence-corrected chi connectivity index (χ1v) is 13.8. The lowest BCUT2D eigenvalue weighted by atomic mass is 9.66. The zero-order chi connectivity index (χ0) is 26.5. The summed E-state index contributed by atoms with van der Waals surface area (Å²) in [5, 5.41) is 0. The molecule has 0 aromatic heterocycles. The van der Waals surface area contributed by atoms with E-state index >= 15 is 0 Å². The van der Waals surface area contributed by atoms with Gasteiger partial charge >= 0.3 is 0 Å². The molecule has 0 amide bonds. The van der Waals surface area contributed by atoms with Crippen LogP contribution in [-0.2, 0) is 15.3 Å². The SMILES string of the molecule is CCO[C@]1(C)Oc2ccccc2[C@H]2[C@@H]3[C@H](/C=C/c4ccccc4)c4ccccc4O[C@]3(c3ccccc3)O[C@H]21. The third kappa shape index (κ3) is 3.82. The lowest BCUT2D eigenvalue weighted by Gasteiger charge is -2.45. The number of fused-ring (bicyclic) bond motifs is 6. The van der Waals surface area contributed by atoms with Crippen LogP contribution in [-0.4, -0.2) is 18.5 Å². The molecule has 3 aliphatic heterocycles. The molecule has 0 spiro atoms. The standard InChI is InChI=1S/C35H32O4/c1-3-36-34(2)33-31(28-19-11-13-21-30(28)37-34)32-27(23-22-24-14-6-4-7-15-24)26-18-10-12-20-29(26)38-35(32,39-33)25-16-8-5-9-17-25/h4-23,27,31-33H,3H2,1-2H3/b23-22+/t27-,31+,32+,33-,34-,35-/m1/s1. The normalized spacial score (nSPS) is 30.4. The molecular formula is C35H32O4. The van der Waals surface area contributed by atoms with Crippen LogP contribution in [0.5, 0.6) is 11.5 Å². The lowest BCUT2D eigenvalue weighted by Crippen LogP contribution is -2.53. The van der Waals surface area contributed by atoms with Crippen LogP contribution in [0, 0.1) is 5.92 Å². The fraction of sp³-hybridized carbons (Fsp3) is 0.257. The number of hydrogen-bond acceptors (Lipinski definition) is 4. The smallest absolute Gasteiger partial charge is 0.242 e. The third-order valence-electron chi connectivity index (χ3n) is 8.39. The molecule has 0 aliphatic carbocycles. The van der Waals surface area contributed by atoms with Gasteiger partial charge in [0, 0.05) is 48.0 Å². The highest BCUT2D eigenvalue weighted by Gasteiger charge is 2.69. The number of ether oxygens (including phenoxy) is 4. The van der Waals surface area contributed by atoms with E-state index in [1.165, 1.54) is 0 Å². The monoisotopic (exact) mass is 516 g/mol. The van der Waals surface area contributed by atoms with E-state index in [1.807, 2.05) is 44.2 Å². The summed E-state index contributed by atoms with van der Waals surface area (Å²) in [6, 6.07) is 37.5. The van der Waals surface area contributed by atoms with E-state index < -0.39 is 11.6 Å². The van der Waals surface area contributed by atoms with Crippen LogP contribution in [0.4, 0.5) is 0 Å². The van der Waals surface area contributed by atoms with Gasteiger partial charge in [0.15, 0.2) is 0 Å². The van der Waals surface area contributed by atoms with Crippen LogP contribution in [0.1, 0.15) is 47.9 Å². The first kappa shape index (κ1) is 24.2.